The van der Waals surface area contributed by atoms with E-state index in [4.69, 9.17) is 9.47 Å². The van der Waals surface area contributed by atoms with Gasteiger partial charge in [0, 0.05) is 42.1 Å². The molecule has 0 unspecified atom stereocenters. The van der Waals surface area contributed by atoms with Crippen molar-refractivity contribution < 1.29 is 23.6 Å². The van der Waals surface area contributed by atoms with E-state index in [1.54, 1.807) is 25.1 Å². The van der Waals surface area contributed by atoms with Gasteiger partial charge in [-0.25, -0.2) is 4.39 Å². The molecule has 144 valence electrons. The highest BCUT2D eigenvalue weighted by Gasteiger charge is 2.16. The maximum atomic E-state index is 14.2. The van der Waals surface area contributed by atoms with Crippen LogP contribution in [0.5, 0.6) is 17.2 Å². The van der Waals surface area contributed by atoms with Crippen LogP contribution in [0.15, 0.2) is 42.6 Å². The molecule has 1 aromatic heterocycles. The van der Waals surface area contributed by atoms with Gasteiger partial charge in [0.05, 0.1) is 23.6 Å². The first-order chi connectivity index (χ1) is 13.4. The molecule has 28 heavy (non-hydrogen) atoms. The summed E-state index contributed by atoms with van der Waals surface area (Å²) in [4.78, 5) is 26.2. The standard InChI is InChI=1S/C20H17FN2O5/c1-3-14(24)8-12-9-15-17(11-20(12)27-2)22-7-6-18(15)28-19-5-4-13(23(25)26)10-16(19)21/h4-7,9-11H,3,8H2,1-2H3. The van der Waals surface area contributed by atoms with Crippen LogP contribution in [0.3, 0.4) is 0 Å². The number of non-ortho nitro benzene ring substituents is 1. The first-order valence-electron chi connectivity index (χ1n) is 8.52. The molecule has 0 atom stereocenters. The molecular formula is C20H17FN2O5. The summed E-state index contributed by atoms with van der Waals surface area (Å²) in [6.07, 6.45) is 2.08. The minimum atomic E-state index is -0.853. The Morgan fingerprint density at radius 1 is 1.18 bits per heavy atom. The van der Waals surface area contributed by atoms with Crippen LogP contribution in [0.25, 0.3) is 10.9 Å². The molecule has 0 saturated heterocycles. The predicted octanol–water partition coefficient (Wildman–Crippen LogP) is 4.60. The second-order valence-electron chi connectivity index (χ2n) is 6.03. The maximum absolute atomic E-state index is 14.2. The second-order valence-corrected chi connectivity index (χ2v) is 6.03. The first kappa shape index (κ1) is 19.2. The van der Waals surface area contributed by atoms with Crippen molar-refractivity contribution in [1.29, 1.82) is 0 Å². The molecule has 3 rings (SSSR count). The van der Waals surface area contributed by atoms with Crippen LogP contribution in [-0.2, 0) is 11.2 Å². The number of benzene rings is 2. The first-order valence-corrected chi connectivity index (χ1v) is 8.52. The molecule has 0 spiro atoms. The fourth-order valence-corrected chi connectivity index (χ4v) is 2.75. The van der Waals surface area contributed by atoms with Gasteiger partial charge >= 0.3 is 0 Å². The van der Waals surface area contributed by atoms with Crippen molar-refractivity contribution >= 4 is 22.4 Å². The number of pyridine rings is 1. The summed E-state index contributed by atoms with van der Waals surface area (Å²) < 4.78 is 25.2. The Hall–Kier alpha value is -3.55. The molecule has 0 amide bonds. The lowest BCUT2D eigenvalue weighted by molar-refractivity contribution is -0.385. The topological polar surface area (TPSA) is 91.6 Å². The Labute approximate surface area is 159 Å². The molecule has 3 aromatic rings. The summed E-state index contributed by atoms with van der Waals surface area (Å²) in [6.45, 7) is 1.78. The number of methoxy groups -OCH3 is 1. The number of halogens is 1. The van der Waals surface area contributed by atoms with E-state index in [-0.39, 0.29) is 23.6 Å². The molecule has 1 heterocycles. The Morgan fingerprint density at radius 2 is 1.96 bits per heavy atom. The molecular weight excluding hydrogens is 367 g/mol. The van der Waals surface area contributed by atoms with Crippen LogP contribution < -0.4 is 9.47 Å². The lowest BCUT2D eigenvalue weighted by atomic mass is 10.0. The number of nitro groups is 1. The highest BCUT2D eigenvalue weighted by Crippen LogP contribution is 2.35. The third kappa shape index (κ3) is 3.90. The SMILES string of the molecule is CCC(=O)Cc1cc2c(Oc3ccc([N+](=O)[O-])cc3F)ccnc2cc1OC. The number of hydrogen-bond donors (Lipinski definition) is 0. The number of fused-ring (bicyclic) bond motifs is 1. The smallest absolute Gasteiger partial charge is 0.272 e. The molecule has 0 N–H and O–H groups in total. The Morgan fingerprint density at radius 3 is 2.61 bits per heavy atom. The van der Waals surface area contributed by atoms with E-state index >= 15 is 0 Å². The molecule has 0 radical (unpaired) electrons. The Balaban J connectivity index is 2.05. The predicted molar refractivity (Wildman–Crippen MR) is 100 cm³/mol. The second kappa shape index (κ2) is 7.99. The van der Waals surface area contributed by atoms with Crippen molar-refractivity contribution in [2.45, 2.75) is 19.8 Å². The van der Waals surface area contributed by atoms with Crippen LogP contribution in [0, 0.1) is 15.9 Å². The third-order valence-electron chi connectivity index (χ3n) is 4.23. The molecule has 8 heteroatoms. The van der Waals surface area contributed by atoms with Crippen molar-refractivity contribution in [3.63, 3.8) is 0 Å². The van der Waals surface area contributed by atoms with Gasteiger partial charge in [0.25, 0.3) is 5.69 Å². The van der Waals surface area contributed by atoms with Crippen molar-refractivity contribution in [2.75, 3.05) is 7.11 Å². The molecule has 0 aliphatic heterocycles. The maximum Gasteiger partial charge on any atom is 0.272 e. The van der Waals surface area contributed by atoms with E-state index in [0.29, 0.717) is 34.4 Å². The normalized spacial score (nSPS) is 10.7. The zero-order chi connectivity index (χ0) is 20.3. The monoisotopic (exact) mass is 384 g/mol. The van der Waals surface area contributed by atoms with Gasteiger partial charge < -0.3 is 9.47 Å². The number of carbonyl (C=O) groups is 1. The van der Waals surface area contributed by atoms with Gasteiger partial charge in [-0.1, -0.05) is 6.92 Å². The summed E-state index contributed by atoms with van der Waals surface area (Å²) in [6, 6.07) is 8.13. The number of hydrogen-bond acceptors (Lipinski definition) is 6. The van der Waals surface area contributed by atoms with Gasteiger partial charge in [0.1, 0.15) is 17.3 Å². The van der Waals surface area contributed by atoms with E-state index in [1.165, 1.54) is 19.4 Å². The number of carbonyl (C=O) groups excluding carboxylic acids is 1. The van der Waals surface area contributed by atoms with E-state index in [1.807, 2.05) is 0 Å². The van der Waals surface area contributed by atoms with E-state index < -0.39 is 10.7 Å². The fraction of sp³-hybridized carbons (Fsp3) is 0.200. The molecule has 0 aliphatic carbocycles. The van der Waals surface area contributed by atoms with Gasteiger partial charge in [-0.3, -0.25) is 19.9 Å². The van der Waals surface area contributed by atoms with Gasteiger partial charge in [0.15, 0.2) is 11.6 Å². The number of nitrogens with zero attached hydrogens (tertiary/aromatic N) is 2. The van der Waals surface area contributed by atoms with E-state index in [2.05, 4.69) is 4.98 Å². The summed E-state index contributed by atoms with van der Waals surface area (Å²) in [5.41, 5.74) is 0.850. The molecule has 7 nitrogen and oxygen atoms in total. The third-order valence-corrected chi connectivity index (χ3v) is 4.23. The zero-order valence-corrected chi connectivity index (χ0v) is 15.3. The average molecular weight is 384 g/mol. The van der Waals surface area contributed by atoms with Gasteiger partial charge in [-0.05, 0) is 18.2 Å². The summed E-state index contributed by atoms with van der Waals surface area (Å²) in [5.74, 6) is -0.120. The highest BCUT2D eigenvalue weighted by molar-refractivity contribution is 5.89. The largest absolute Gasteiger partial charge is 0.496 e. The number of Topliss-reactive ketones (excluding diaryl/α,β-unsaturated/α-hetero) is 1. The number of rotatable bonds is 7. The van der Waals surface area contributed by atoms with Crippen LogP contribution >= 0.6 is 0 Å². The van der Waals surface area contributed by atoms with Crippen LogP contribution in [0.1, 0.15) is 18.9 Å². The molecule has 0 saturated carbocycles. The van der Waals surface area contributed by atoms with Crippen LogP contribution in [0.4, 0.5) is 10.1 Å². The van der Waals surface area contributed by atoms with Gasteiger partial charge in [0.2, 0.25) is 0 Å². The number of nitro benzene ring substituents is 1. The van der Waals surface area contributed by atoms with Crippen molar-refractivity contribution in [3.8, 4) is 17.2 Å². The lowest BCUT2D eigenvalue weighted by Crippen LogP contribution is -2.03. The molecule has 0 aliphatic rings. The van der Waals surface area contributed by atoms with Crippen LogP contribution in [0.2, 0.25) is 0 Å². The van der Waals surface area contributed by atoms with E-state index in [9.17, 15) is 19.3 Å². The summed E-state index contributed by atoms with van der Waals surface area (Å²) in [7, 11) is 1.51. The quantitative estimate of drug-likeness (QED) is 0.436. The lowest BCUT2D eigenvalue weighted by Gasteiger charge is -2.13. The van der Waals surface area contributed by atoms with Gasteiger partial charge in [-0.2, -0.15) is 0 Å². The molecule has 2 aromatic carbocycles. The minimum absolute atomic E-state index is 0.0467. The van der Waals surface area contributed by atoms with Gasteiger partial charge in [-0.15, -0.1) is 0 Å². The minimum Gasteiger partial charge on any atom is -0.496 e. The number of aromatic nitrogens is 1. The number of ketones is 1. The van der Waals surface area contributed by atoms with Crippen LogP contribution in [-0.4, -0.2) is 22.8 Å². The van der Waals surface area contributed by atoms with E-state index in [0.717, 1.165) is 12.1 Å². The van der Waals surface area contributed by atoms with Crippen molar-refractivity contribution in [2.24, 2.45) is 0 Å². The summed E-state index contributed by atoms with van der Waals surface area (Å²) in [5, 5.41) is 11.3. The van der Waals surface area contributed by atoms with Crippen molar-refractivity contribution in [1.82, 2.24) is 4.98 Å². The van der Waals surface area contributed by atoms with Crippen molar-refractivity contribution in [3.05, 3.63) is 64.1 Å². The number of ether oxygens (including phenoxy) is 2. The Kier molecular flexibility index (Phi) is 5.49. The highest BCUT2D eigenvalue weighted by atomic mass is 19.1. The molecule has 0 bridgehead atoms. The average Bonchev–Trinajstić information content (AvgIpc) is 2.69. The Bertz CT molecular complexity index is 1070. The molecule has 0 fully saturated rings. The zero-order valence-electron chi connectivity index (χ0n) is 15.3. The fourth-order valence-electron chi connectivity index (χ4n) is 2.75. The summed E-state index contributed by atoms with van der Waals surface area (Å²) >= 11 is 0.